The molecule has 0 bridgehead atoms. The van der Waals surface area contributed by atoms with Crippen LogP contribution in [-0.4, -0.2) is 0 Å². The first-order valence-electron chi connectivity index (χ1n) is 15.3. The van der Waals surface area contributed by atoms with Crippen molar-refractivity contribution in [1.82, 2.24) is 0 Å². The van der Waals surface area contributed by atoms with Gasteiger partial charge in [0.2, 0.25) is 0 Å². The van der Waals surface area contributed by atoms with E-state index in [0.717, 1.165) is 39.0 Å². The molecule has 2 nitrogen and oxygen atoms in total. The zero-order valence-electron chi connectivity index (χ0n) is 24.2. The van der Waals surface area contributed by atoms with Crippen LogP contribution in [-0.2, 0) is 0 Å². The molecule has 0 radical (unpaired) electrons. The molecule has 10 aromatic rings. The Morgan fingerprint density at radius 3 is 2.07 bits per heavy atom. The summed E-state index contributed by atoms with van der Waals surface area (Å²) >= 11 is 1.88. The van der Waals surface area contributed by atoms with Crippen LogP contribution in [0.25, 0.3) is 74.4 Å². The summed E-state index contributed by atoms with van der Waals surface area (Å²) in [6.45, 7) is 0. The van der Waals surface area contributed by atoms with Crippen LogP contribution in [0.1, 0.15) is 0 Å². The first-order valence-corrected chi connectivity index (χ1v) is 16.1. The van der Waals surface area contributed by atoms with Crippen LogP contribution in [0.3, 0.4) is 0 Å². The monoisotopic (exact) mass is 591 g/mol. The molecule has 45 heavy (non-hydrogen) atoms. The molecule has 2 heterocycles. The quantitative estimate of drug-likeness (QED) is 0.190. The highest BCUT2D eigenvalue weighted by Crippen LogP contribution is 2.45. The van der Waals surface area contributed by atoms with Gasteiger partial charge in [-0.15, -0.1) is 11.3 Å². The Kier molecular flexibility index (Phi) is 5.19. The predicted molar refractivity (Wildman–Crippen MR) is 194 cm³/mol. The number of fused-ring (bicyclic) bond motifs is 12. The van der Waals surface area contributed by atoms with E-state index < -0.39 is 0 Å². The first-order chi connectivity index (χ1) is 22.3. The van der Waals surface area contributed by atoms with Crippen LogP contribution < -0.4 is 4.90 Å². The molecule has 210 valence electrons. The fourth-order valence-corrected chi connectivity index (χ4v) is 8.35. The maximum absolute atomic E-state index is 6.52. The van der Waals surface area contributed by atoms with Crippen molar-refractivity contribution in [3.63, 3.8) is 0 Å². The molecule has 0 aliphatic heterocycles. The summed E-state index contributed by atoms with van der Waals surface area (Å²) in [5, 5.41) is 12.6. The van der Waals surface area contributed by atoms with E-state index >= 15 is 0 Å². The molecule has 8 aromatic carbocycles. The molecule has 3 heteroatoms. The molecule has 0 saturated heterocycles. The zero-order valence-corrected chi connectivity index (χ0v) is 25.0. The average molecular weight is 592 g/mol. The van der Waals surface area contributed by atoms with Crippen molar-refractivity contribution in [2.45, 2.75) is 0 Å². The van der Waals surface area contributed by atoms with Crippen LogP contribution in [0.15, 0.2) is 156 Å². The summed E-state index contributed by atoms with van der Waals surface area (Å²) < 4.78 is 9.19. The van der Waals surface area contributed by atoms with Gasteiger partial charge in [-0.3, -0.25) is 0 Å². The normalized spacial score (nSPS) is 12.0. The SMILES string of the molecule is c1ccc(N(c2ccc3c(ccc4ccc5c(ccc6sc7ccccc7c65)c43)c2)c2cccc3c2oc2ccccc23)cc1. The molecule has 0 aliphatic rings. The number of furan rings is 1. The van der Waals surface area contributed by atoms with Gasteiger partial charge in [-0.05, 0) is 80.8 Å². The summed E-state index contributed by atoms with van der Waals surface area (Å²) in [4.78, 5) is 2.32. The molecular weight excluding hydrogens is 567 g/mol. The maximum atomic E-state index is 6.52. The van der Waals surface area contributed by atoms with Gasteiger partial charge in [0.05, 0.1) is 5.69 Å². The molecule has 0 spiro atoms. The maximum Gasteiger partial charge on any atom is 0.159 e. The highest BCUT2D eigenvalue weighted by atomic mass is 32.1. The van der Waals surface area contributed by atoms with Crippen LogP contribution in [0.4, 0.5) is 17.1 Å². The van der Waals surface area contributed by atoms with Gasteiger partial charge in [-0.2, -0.15) is 0 Å². The third kappa shape index (κ3) is 3.62. The summed E-state index contributed by atoms with van der Waals surface area (Å²) in [6.07, 6.45) is 0. The molecule has 0 aliphatic carbocycles. The molecule has 2 aromatic heterocycles. The van der Waals surface area contributed by atoms with E-state index in [0.29, 0.717) is 0 Å². The van der Waals surface area contributed by atoms with Gasteiger partial charge < -0.3 is 9.32 Å². The number of anilines is 3. The van der Waals surface area contributed by atoms with Crippen LogP contribution in [0, 0.1) is 0 Å². The zero-order chi connectivity index (χ0) is 29.5. The Hall–Kier alpha value is -5.64. The van der Waals surface area contributed by atoms with E-state index in [2.05, 4.69) is 144 Å². The van der Waals surface area contributed by atoms with Gasteiger partial charge in [-0.1, -0.05) is 103 Å². The smallest absolute Gasteiger partial charge is 0.159 e. The number of nitrogens with zero attached hydrogens (tertiary/aromatic N) is 1. The minimum Gasteiger partial charge on any atom is -0.454 e. The van der Waals surface area contributed by atoms with E-state index in [9.17, 15) is 0 Å². The molecule has 0 saturated carbocycles. The van der Waals surface area contributed by atoms with Crippen molar-refractivity contribution in [2.75, 3.05) is 4.90 Å². The third-order valence-corrected chi connectivity index (χ3v) is 10.4. The van der Waals surface area contributed by atoms with Crippen molar-refractivity contribution < 1.29 is 4.42 Å². The number of thiophene rings is 1. The van der Waals surface area contributed by atoms with Gasteiger partial charge in [0.1, 0.15) is 5.58 Å². The lowest BCUT2D eigenvalue weighted by atomic mass is 9.94. The Balaban J connectivity index is 1.23. The van der Waals surface area contributed by atoms with E-state index in [1.54, 1.807) is 0 Å². The fraction of sp³-hybridized carbons (Fsp3) is 0. The minimum atomic E-state index is 0.888. The number of rotatable bonds is 3. The van der Waals surface area contributed by atoms with Gasteiger partial charge in [0, 0.05) is 42.3 Å². The Morgan fingerprint density at radius 2 is 1.13 bits per heavy atom. The average Bonchev–Trinajstić information content (AvgIpc) is 3.68. The number of hydrogen-bond donors (Lipinski definition) is 0. The van der Waals surface area contributed by atoms with E-state index in [-0.39, 0.29) is 0 Å². The van der Waals surface area contributed by atoms with E-state index in [1.807, 2.05) is 23.5 Å². The van der Waals surface area contributed by atoms with E-state index in [1.165, 1.54) is 52.5 Å². The van der Waals surface area contributed by atoms with Gasteiger partial charge in [0.15, 0.2) is 5.58 Å². The van der Waals surface area contributed by atoms with Crippen molar-refractivity contribution in [3.05, 3.63) is 152 Å². The minimum absolute atomic E-state index is 0.888. The second-order valence-electron chi connectivity index (χ2n) is 11.7. The Labute approximate surface area is 263 Å². The highest BCUT2D eigenvalue weighted by molar-refractivity contribution is 7.26. The topological polar surface area (TPSA) is 16.4 Å². The van der Waals surface area contributed by atoms with Crippen molar-refractivity contribution >= 4 is 103 Å². The van der Waals surface area contributed by atoms with E-state index in [4.69, 9.17) is 4.42 Å². The van der Waals surface area contributed by atoms with Crippen molar-refractivity contribution in [3.8, 4) is 0 Å². The molecule has 0 atom stereocenters. The number of para-hydroxylation sites is 3. The fourth-order valence-electron chi connectivity index (χ4n) is 7.23. The van der Waals surface area contributed by atoms with Gasteiger partial charge in [0.25, 0.3) is 0 Å². The third-order valence-electron chi connectivity index (χ3n) is 9.22. The summed E-state index contributed by atoms with van der Waals surface area (Å²) in [6, 6.07) is 54.7. The van der Waals surface area contributed by atoms with Crippen LogP contribution in [0.2, 0.25) is 0 Å². The van der Waals surface area contributed by atoms with Crippen molar-refractivity contribution in [1.29, 1.82) is 0 Å². The molecule has 0 unspecified atom stereocenters. The van der Waals surface area contributed by atoms with Crippen LogP contribution in [0.5, 0.6) is 0 Å². The molecule has 0 fully saturated rings. The second-order valence-corrected chi connectivity index (χ2v) is 12.8. The van der Waals surface area contributed by atoms with Crippen LogP contribution >= 0.6 is 11.3 Å². The molecule has 0 N–H and O–H groups in total. The lowest BCUT2D eigenvalue weighted by Gasteiger charge is -2.26. The Morgan fingerprint density at radius 1 is 0.422 bits per heavy atom. The summed E-state index contributed by atoms with van der Waals surface area (Å²) in [5.74, 6) is 0. The first kappa shape index (κ1) is 24.8. The number of hydrogen-bond acceptors (Lipinski definition) is 3. The molecule has 0 amide bonds. The lowest BCUT2D eigenvalue weighted by Crippen LogP contribution is -2.10. The molecule has 10 rings (SSSR count). The predicted octanol–water partition coefficient (Wildman–Crippen LogP) is 12.9. The van der Waals surface area contributed by atoms with Gasteiger partial charge >= 0.3 is 0 Å². The van der Waals surface area contributed by atoms with Crippen molar-refractivity contribution in [2.24, 2.45) is 0 Å². The largest absolute Gasteiger partial charge is 0.454 e. The highest BCUT2D eigenvalue weighted by Gasteiger charge is 2.20. The molecular formula is C42H25NOS. The summed E-state index contributed by atoms with van der Waals surface area (Å²) in [5.41, 5.74) is 4.99. The lowest BCUT2D eigenvalue weighted by molar-refractivity contribution is 0.669. The van der Waals surface area contributed by atoms with Gasteiger partial charge in [-0.25, -0.2) is 0 Å². The summed E-state index contributed by atoms with van der Waals surface area (Å²) in [7, 11) is 0. The number of benzene rings is 8. The Bertz CT molecular complexity index is 2770. The second kappa shape index (κ2) is 9.43. The standard InChI is InChI=1S/C42H25NOS/c1-2-9-28(10-3-1)43(36-14-8-13-34-31-11-4-6-15-37(31)44-42(34)36)29-20-22-30-27(25-29)18-17-26-19-21-33-32(40(26)30)23-24-39-41(33)35-12-5-7-16-38(35)45-39/h1-25H.